The van der Waals surface area contributed by atoms with Gasteiger partial charge in [-0.1, -0.05) is 19.3 Å². The van der Waals surface area contributed by atoms with E-state index in [-0.39, 0.29) is 11.9 Å². The van der Waals surface area contributed by atoms with E-state index in [0.29, 0.717) is 11.3 Å². The lowest BCUT2D eigenvalue weighted by Gasteiger charge is -2.11. The molecule has 17 heavy (non-hydrogen) atoms. The van der Waals surface area contributed by atoms with Crippen molar-refractivity contribution in [2.24, 2.45) is 0 Å². The van der Waals surface area contributed by atoms with E-state index in [1.165, 1.54) is 0 Å². The number of nitrogens with one attached hydrogen (secondary N) is 1. The minimum absolute atomic E-state index is 0.145. The van der Waals surface area contributed by atoms with E-state index in [4.69, 9.17) is 10.8 Å². The van der Waals surface area contributed by atoms with Crippen molar-refractivity contribution < 1.29 is 9.21 Å². The average molecular weight is 233 g/mol. The fraction of sp³-hybridized carbons (Fsp3) is 0.500. The van der Waals surface area contributed by atoms with Crippen molar-refractivity contribution in [2.75, 3.05) is 0 Å². The first kappa shape index (κ1) is 13.4. The summed E-state index contributed by atoms with van der Waals surface area (Å²) in [7, 11) is 0. The highest BCUT2D eigenvalue weighted by atomic mass is 16.3. The van der Waals surface area contributed by atoms with Gasteiger partial charge in [0.2, 0.25) is 0 Å². The molecule has 1 atom stereocenters. The molecule has 92 valence electrons. The maximum absolute atomic E-state index is 12.1. The second-order valence-electron chi connectivity index (χ2n) is 4.20. The van der Waals surface area contributed by atoms with Crippen molar-refractivity contribution in [3.05, 3.63) is 22.6 Å². The van der Waals surface area contributed by atoms with Gasteiger partial charge in [-0.3, -0.25) is 4.79 Å². The van der Waals surface area contributed by atoms with Crippen LogP contribution in [-0.4, -0.2) is 11.9 Å². The number of furan rings is 1. The maximum atomic E-state index is 12.1. The normalized spacial score (nSPS) is 11.9. The van der Waals surface area contributed by atoms with Gasteiger partial charge in [-0.05, 0) is 27.2 Å². The van der Waals surface area contributed by atoms with Crippen molar-refractivity contribution in [1.29, 1.82) is 0 Å². The Morgan fingerprint density at radius 2 is 2.06 bits per heavy atom. The Bertz CT molecular complexity index is 452. The number of hydrogen-bond acceptors (Lipinski definition) is 2. The first-order valence-electron chi connectivity index (χ1n) is 5.84. The SMILES string of the molecule is C#CC(CCC)NC(=O)c1c(C)oc(C)c1C. The average Bonchev–Trinajstić information content (AvgIpc) is 2.52. The molecule has 0 aromatic carbocycles. The molecule has 1 N–H and O–H groups in total. The fourth-order valence-corrected chi connectivity index (χ4v) is 1.84. The lowest BCUT2D eigenvalue weighted by Crippen LogP contribution is -2.34. The van der Waals surface area contributed by atoms with Crippen LogP contribution in [0.4, 0.5) is 0 Å². The molecule has 0 aliphatic rings. The van der Waals surface area contributed by atoms with Crippen LogP contribution in [0.2, 0.25) is 0 Å². The van der Waals surface area contributed by atoms with Gasteiger partial charge in [0.15, 0.2) is 0 Å². The number of terminal acetylenes is 1. The predicted octanol–water partition coefficient (Wildman–Crippen LogP) is 2.74. The lowest BCUT2D eigenvalue weighted by molar-refractivity contribution is 0.0942. The zero-order valence-corrected chi connectivity index (χ0v) is 10.9. The van der Waals surface area contributed by atoms with Crippen LogP contribution in [0.25, 0.3) is 0 Å². The van der Waals surface area contributed by atoms with Crippen LogP contribution >= 0.6 is 0 Å². The monoisotopic (exact) mass is 233 g/mol. The van der Waals surface area contributed by atoms with Gasteiger partial charge in [0.25, 0.3) is 5.91 Å². The number of carbonyl (C=O) groups is 1. The minimum atomic E-state index is -0.207. The number of rotatable bonds is 4. The third kappa shape index (κ3) is 2.91. The number of carbonyl (C=O) groups excluding carboxylic acids is 1. The van der Waals surface area contributed by atoms with Gasteiger partial charge in [0.05, 0.1) is 11.6 Å². The Hall–Kier alpha value is -1.69. The molecular formula is C14H19NO2. The van der Waals surface area contributed by atoms with E-state index in [1.54, 1.807) is 6.92 Å². The third-order valence-electron chi connectivity index (χ3n) is 2.87. The highest BCUT2D eigenvalue weighted by Crippen LogP contribution is 2.20. The number of aryl methyl sites for hydroxylation is 2. The Morgan fingerprint density at radius 3 is 2.47 bits per heavy atom. The summed E-state index contributed by atoms with van der Waals surface area (Å²) in [4.78, 5) is 12.1. The molecule has 1 amide bonds. The molecule has 0 saturated carbocycles. The number of hydrogen-bond donors (Lipinski definition) is 1. The van der Waals surface area contributed by atoms with Crippen LogP contribution in [0.15, 0.2) is 4.42 Å². The number of amides is 1. The largest absolute Gasteiger partial charge is 0.466 e. The highest BCUT2D eigenvalue weighted by molar-refractivity contribution is 5.97. The highest BCUT2D eigenvalue weighted by Gasteiger charge is 2.20. The second-order valence-corrected chi connectivity index (χ2v) is 4.20. The molecule has 0 aliphatic carbocycles. The van der Waals surface area contributed by atoms with E-state index in [9.17, 15) is 4.79 Å². The van der Waals surface area contributed by atoms with E-state index in [0.717, 1.165) is 24.2 Å². The molecular weight excluding hydrogens is 214 g/mol. The molecule has 0 aliphatic heterocycles. The van der Waals surface area contributed by atoms with E-state index in [2.05, 4.69) is 11.2 Å². The zero-order chi connectivity index (χ0) is 13.0. The smallest absolute Gasteiger partial charge is 0.256 e. The zero-order valence-electron chi connectivity index (χ0n) is 10.9. The predicted molar refractivity (Wildman–Crippen MR) is 67.9 cm³/mol. The van der Waals surface area contributed by atoms with Crippen LogP contribution in [-0.2, 0) is 0 Å². The molecule has 0 spiro atoms. The van der Waals surface area contributed by atoms with Gasteiger partial charge in [0, 0.05) is 5.56 Å². The molecule has 0 radical (unpaired) electrons. The molecule has 1 heterocycles. The first-order valence-corrected chi connectivity index (χ1v) is 5.84. The molecule has 3 nitrogen and oxygen atoms in total. The standard InChI is InChI=1S/C14H19NO2/c1-6-8-12(7-2)15-14(16)13-9(3)10(4)17-11(13)5/h2,12H,6,8H2,1,3-5H3,(H,15,16). The van der Waals surface area contributed by atoms with Gasteiger partial charge >= 0.3 is 0 Å². The summed E-state index contributed by atoms with van der Waals surface area (Å²) in [6, 6.07) is -0.207. The molecule has 0 saturated heterocycles. The topological polar surface area (TPSA) is 42.2 Å². The van der Waals surface area contributed by atoms with Crippen molar-refractivity contribution >= 4 is 5.91 Å². The Morgan fingerprint density at radius 1 is 1.41 bits per heavy atom. The summed E-state index contributed by atoms with van der Waals surface area (Å²) in [6.07, 6.45) is 7.11. The second kappa shape index (κ2) is 5.58. The van der Waals surface area contributed by atoms with Crippen LogP contribution in [0.5, 0.6) is 0 Å². The molecule has 1 rings (SSSR count). The van der Waals surface area contributed by atoms with Gasteiger partial charge in [-0.2, -0.15) is 0 Å². The molecule has 0 fully saturated rings. The van der Waals surface area contributed by atoms with Gasteiger partial charge < -0.3 is 9.73 Å². The Balaban J connectivity index is 2.87. The van der Waals surface area contributed by atoms with Gasteiger partial charge in [-0.25, -0.2) is 0 Å². The fourth-order valence-electron chi connectivity index (χ4n) is 1.84. The van der Waals surface area contributed by atoms with Crippen molar-refractivity contribution in [1.82, 2.24) is 5.32 Å². The van der Waals surface area contributed by atoms with Crippen LogP contribution in [0, 0.1) is 33.1 Å². The van der Waals surface area contributed by atoms with Crippen molar-refractivity contribution in [3.63, 3.8) is 0 Å². The first-order chi connectivity index (χ1) is 8.01. The third-order valence-corrected chi connectivity index (χ3v) is 2.87. The summed E-state index contributed by atoms with van der Waals surface area (Å²) < 4.78 is 5.43. The van der Waals surface area contributed by atoms with Crippen molar-refractivity contribution in [3.8, 4) is 12.3 Å². The van der Waals surface area contributed by atoms with Gasteiger partial charge in [0.1, 0.15) is 11.5 Å². The van der Waals surface area contributed by atoms with Crippen LogP contribution < -0.4 is 5.32 Å². The van der Waals surface area contributed by atoms with E-state index < -0.39 is 0 Å². The minimum Gasteiger partial charge on any atom is -0.466 e. The van der Waals surface area contributed by atoms with Crippen LogP contribution in [0.1, 0.15) is 47.2 Å². The molecule has 1 unspecified atom stereocenters. The Labute approximate surface area is 103 Å². The summed E-state index contributed by atoms with van der Waals surface area (Å²) in [5.74, 6) is 3.86. The van der Waals surface area contributed by atoms with Crippen molar-refractivity contribution in [2.45, 2.75) is 46.6 Å². The van der Waals surface area contributed by atoms with E-state index in [1.807, 2.05) is 20.8 Å². The molecule has 3 heteroatoms. The summed E-state index contributed by atoms with van der Waals surface area (Å²) in [6.45, 7) is 7.56. The molecule has 1 aromatic rings. The van der Waals surface area contributed by atoms with E-state index >= 15 is 0 Å². The quantitative estimate of drug-likeness (QED) is 0.812. The maximum Gasteiger partial charge on any atom is 0.256 e. The molecule has 1 aromatic heterocycles. The van der Waals surface area contributed by atoms with Gasteiger partial charge in [-0.15, -0.1) is 6.42 Å². The van der Waals surface area contributed by atoms with Crippen LogP contribution in [0.3, 0.4) is 0 Å². The summed E-state index contributed by atoms with van der Waals surface area (Å²) >= 11 is 0. The Kier molecular flexibility index (Phi) is 4.39. The lowest BCUT2D eigenvalue weighted by atomic mass is 10.1. The summed E-state index contributed by atoms with van der Waals surface area (Å²) in [5.41, 5.74) is 1.49. The molecule has 0 bridgehead atoms. The summed E-state index contributed by atoms with van der Waals surface area (Å²) in [5, 5.41) is 2.84.